The van der Waals surface area contributed by atoms with Gasteiger partial charge in [-0.15, -0.1) is 0 Å². The van der Waals surface area contributed by atoms with Crippen molar-refractivity contribution in [2.24, 2.45) is 5.92 Å². The Morgan fingerprint density at radius 2 is 2.15 bits per heavy atom. The summed E-state index contributed by atoms with van der Waals surface area (Å²) in [6.45, 7) is 0.944. The van der Waals surface area contributed by atoms with Gasteiger partial charge in [0.25, 0.3) is 0 Å². The summed E-state index contributed by atoms with van der Waals surface area (Å²) >= 11 is 4.28. The third kappa shape index (κ3) is 4.85. The number of aliphatic carboxylic acids is 1. The van der Waals surface area contributed by atoms with Crippen molar-refractivity contribution in [3.05, 3.63) is 20.6 Å². The molecule has 26 heavy (non-hydrogen) atoms. The van der Waals surface area contributed by atoms with Crippen molar-refractivity contribution in [2.45, 2.75) is 25.8 Å². The van der Waals surface area contributed by atoms with Gasteiger partial charge in [0.2, 0.25) is 11.8 Å². The molecular formula is C13H15BrN2O8S2. The minimum atomic E-state index is -4.59. The van der Waals surface area contributed by atoms with Crippen LogP contribution in [0.25, 0.3) is 0 Å². The van der Waals surface area contributed by atoms with Gasteiger partial charge in [-0.1, -0.05) is 11.8 Å². The van der Waals surface area contributed by atoms with Crippen molar-refractivity contribution in [2.75, 3.05) is 6.61 Å². The SMILES string of the molecule is CC(=O)NC=C(Br)SC1=C(C(=O)O)N2C(=O)[C@H](CCOS(=O)(=O)O)[C@H]2C1. The molecule has 0 aromatic carbocycles. The highest BCUT2D eigenvalue weighted by Crippen LogP contribution is 2.49. The first-order chi connectivity index (χ1) is 12.0. The maximum atomic E-state index is 12.2. The molecule has 2 atom stereocenters. The average Bonchev–Trinajstić information content (AvgIpc) is 2.83. The molecular weight excluding hydrogens is 456 g/mol. The Morgan fingerprint density at radius 3 is 2.69 bits per heavy atom. The first kappa shape index (κ1) is 20.9. The Labute approximate surface area is 161 Å². The van der Waals surface area contributed by atoms with Gasteiger partial charge in [0.05, 0.1) is 22.4 Å². The lowest BCUT2D eigenvalue weighted by Crippen LogP contribution is -2.58. The predicted octanol–water partition coefficient (Wildman–Crippen LogP) is 0.786. The minimum Gasteiger partial charge on any atom is -0.477 e. The molecule has 0 radical (unpaired) electrons. The van der Waals surface area contributed by atoms with Crippen molar-refractivity contribution in [3.63, 3.8) is 0 Å². The second-order valence-electron chi connectivity index (χ2n) is 5.45. The Balaban J connectivity index is 2.08. The maximum absolute atomic E-state index is 12.2. The maximum Gasteiger partial charge on any atom is 0.397 e. The monoisotopic (exact) mass is 470 g/mol. The van der Waals surface area contributed by atoms with Gasteiger partial charge < -0.3 is 15.3 Å². The second-order valence-corrected chi connectivity index (χ2v) is 9.06. The molecule has 0 aromatic rings. The number of β-lactam (4-membered cyclic amide) rings is 1. The lowest BCUT2D eigenvalue weighted by Gasteiger charge is -2.43. The Kier molecular flexibility index (Phi) is 6.50. The fourth-order valence-electron chi connectivity index (χ4n) is 2.75. The van der Waals surface area contributed by atoms with E-state index in [1.54, 1.807) is 0 Å². The standard InChI is InChI=1S/C13H15BrN2O8S2/c1-6(17)15-5-10(14)25-9-4-8-7(2-3-24-26(21,22)23)12(18)16(8)11(9)13(19)20/h5,7-8H,2-4H2,1H3,(H,15,17)(H,19,20)(H,21,22,23)/t7-,8-/m1/s1. The summed E-state index contributed by atoms with van der Waals surface area (Å²) in [5, 5.41) is 11.9. The summed E-state index contributed by atoms with van der Waals surface area (Å²) in [4.78, 5) is 36.3. The molecule has 0 saturated carbocycles. The van der Waals surface area contributed by atoms with Gasteiger partial charge in [-0.3, -0.25) is 14.1 Å². The number of halogens is 1. The molecule has 13 heteroatoms. The van der Waals surface area contributed by atoms with Crippen LogP contribution in [0.15, 0.2) is 20.6 Å². The Hall–Kier alpha value is -1.41. The Morgan fingerprint density at radius 1 is 1.50 bits per heavy atom. The molecule has 2 aliphatic rings. The van der Waals surface area contributed by atoms with Crippen LogP contribution in [0.2, 0.25) is 0 Å². The summed E-state index contributed by atoms with van der Waals surface area (Å²) in [5.41, 5.74) is -0.134. The number of carbonyl (C=O) groups is 3. The van der Waals surface area contributed by atoms with Crippen molar-refractivity contribution in [3.8, 4) is 0 Å². The first-order valence-electron chi connectivity index (χ1n) is 7.23. The van der Waals surface area contributed by atoms with Gasteiger partial charge in [-0.25, -0.2) is 8.98 Å². The van der Waals surface area contributed by atoms with Gasteiger partial charge in [0.15, 0.2) is 0 Å². The molecule has 1 saturated heterocycles. The van der Waals surface area contributed by atoms with E-state index in [1.165, 1.54) is 18.0 Å². The number of thioether (sulfide) groups is 1. The number of hydrogen-bond acceptors (Lipinski definition) is 7. The zero-order valence-corrected chi connectivity index (χ0v) is 16.6. The van der Waals surface area contributed by atoms with E-state index in [2.05, 4.69) is 25.4 Å². The normalized spacial score (nSPS) is 23.0. The highest BCUT2D eigenvalue weighted by molar-refractivity contribution is 9.14. The molecule has 0 bridgehead atoms. The molecule has 144 valence electrons. The van der Waals surface area contributed by atoms with Gasteiger partial charge in [-0.2, -0.15) is 8.42 Å². The molecule has 2 rings (SSSR count). The van der Waals surface area contributed by atoms with E-state index in [-0.39, 0.29) is 31.1 Å². The highest BCUT2D eigenvalue weighted by atomic mass is 79.9. The number of nitrogens with one attached hydrogen (secondary N) is 1. The molecule has 0 aliphatic carbocycles. The molecule has 0 aromatic heterocycles. The second kappa shape index (κ2) is 8.08. The van der Waals surface area contributed by atoms with E-state index >= 15 is 0 Å². The third-order valence-electron chi connectivity index (χ3n) is 3.72. The number of fused-ring (bicyclic) bond motifs is 1. The zero-order valence-electron chi connectivity index (χ0n) is 13.3. The number of carboxylic acids is 1. The molecule has 1 fully saturated rings. The number of nitrogens with zero attached hydrogens (tertiary/aromatic N) is 1. The average molecular weight is 471 g/mol. The number of rotatable bonds is 8. The molecule has 2 amide bonds. The van der Waals surface area contributed by atoms with Crippen LogP contribution in [0.1, 0.15) is 19.8 Å². The van der Waals surface area contributed by atoms with Crippen LogP contribution in [-0.2, 0) is 29.0 Å². The van der Waals surface area contributed by atoms with Gasteiger partial charge in [-0.05, 0) is 22.4 Å². The molecule has 3 N–H and O–H groups in total. The van der Waals surface area contributed by atoms with E-state index in [0.717, 1.165) is 11.8 Å². The topological polar surface area (TPSA) is 150 Å². The highest BCUT2D eigenvalue weighted by Gasteiger charge is 2.54. The molecule has 2 aliphatic heterocycles. The van der Waals surface area contributed by atoms with Crippen LogP contribution in [0.4, 0.5) is 0 Å². The number of carboxylic acid groups (broad SMARTS) is 1. The molecule has 0 unspecified atom stereocenters. The fraction of sp³-hybridized carbons (Fsp3) is 0.462. The fourth-order valence-corrected chi connectivity index (χ4v) is 4.65. The van der Waals surface area contributed by atoms with E-state index < -0.39 is 34.2 Å². The van der Waals surface area contributed by atoms with Gasteiger partial charge >= 0.3 is 16.4 Å². The summed E-state index contributed by atoms with van der Waals surface area (Å²) < 4.78 is 34.3. The number of hydrogen-bond donors (Lipinski definition) is 3. The third-order valence-corrected chi connectivity index (χ3v) is 5.82. The first-order valence-corrected chi connectivity index (χ1v) is 10.2. The van der Waals surface area contributed by atoms with Crippen LogP contribution >= 0.6 is 27.7 Å². The van der Waals surface area contributed by atoms with E-state index in [4.69, 9.17) is 4.55 Å². The van der Waals surface area contributed by atoms with Crippen molar-refractivity contribution >= 4 is 55.9 Å². The van der Waals surface area contributed by atoms with Crippen molar-refractivity contribution in [1.29, 1.82) is 0 Å². The van der Waals surface area contributed by atoms with E-state index in [1.807, 2.05) is 0 Å². The lowest BCUT2D eigenvalue weighted by atomic mass is 9.85. The zero-order chi connectivity index (χ0) is 19.6. The summed E-state index contributed by atoms with van der Waals surface area (Å²) in [6, 6.07) is -0.415. The number of carbonyl (C=O) groups excluding carboxylic acids is 2. The van der Waals surface area contributed by atoms with E-state index in [0.29, 0.717) is 8.72 Å². The Bertz CT molecular complexity index is 807. The van der Waals surface area contributed by atoms with Crippen LogP contribution in [-0.4, -0.2) is 53.4 Å². The predicted molar refractivity (Wildman–Crippen MR) is 93.9 cm³/mol. The van der Waals surface area contributed by atoms with Crippen molar-refractivity contribution in [1.82, 2.24) is 10.2 Å². The van der Waals surface area contributed by atoms with Crippen molar-refractivity contribution < 1.29 is 36.6 Å². The summed E-state index contributed by atoms with van der Waals surface area (Å²) in [5.74, 6) is -2.58. The molecule has 2 heterocycles. The van der Waals surface area contributed by atoms with Gasteiger partial charge in [0.1, 0.15) is 5.70 Å². The summed E-state index contributed by atoms with van der Waals surface area (Å²) in [7, 11) is -4.59. The summed E-state index contributed by atoms with van der Waals surface area (Å²) in [6.07, 6.45) is 1.68. The van der Waals surface area contributed by atoms with E-state index in [9.17, 15) is 27.9 Å². The smallest absolute Gasteiger partial charge is 0.397 e. The minimum absolute atomic E-state index is 0.0353. The largest absolute Gasteiger partial charge is 0.477 e. The van der Waals surface area contributed by atoms with Gasteiger partial charge in [0, 0.05) is 24.4 Å². The van der Waals surface area contributed by atoms with Crippen LogP contribution in [0.3, 0.4) is 0 Å². The van der Waals surface area contributed by atoms with Crippen LogP contribution in [0.5, 0.6) is 0 Å². The van der Waals surface area contributed by atoms with Crippen LogP contribution in [0, 0.1) is 5.92 Å². The molecule has 10 nitrogen and oxygen atoms in total. The quantitative estimate of drug-likeness (QED) is 0.345. The number of amides is 2. The molecule has 0 spiro atoms. The van der Waals surface area contributed by atoms with Crippen LogP contribution < -0.4 is 5.32 Å². The lowest BCUT2D eigenvalue weighted by molar-refractivity contribution is -0.155.